The minimum atomic E-state index is -5.02. The molecular weight excluding hydrogens is 509 g/mol. The number of nitrogens with zero attached hydrogens (tertiary/aromatic N) is 3. The monoisotopic (exact) mass is 534 g/mol. The normalized spacial score (nSPS) is 16.6. The van der Waals surface area contributed by atoms with Gasteiger partial charge in [0, 0.05) is 33.2 Å². The Balaban J connectivity index is 1.92. The van der Waals surface area contributed by atoms with Crippen LogP contribution in [0.4, 0.5) is 35.5 Å². The number of halogens is 7. The highest BCUT2D eigenvalue weighted by Crippen LogP contribution is 2.37. The van der Waals surface area contributed by atoms with Crippen LogP contribution in [0.15, 0.2) is 36.4 Å². The average molecular weight is 534 g/mol. The lowest BCUT2D eigenvalue weighted by Gasteiger charge is -2.43. The molecule has 0 aromatic heterocycles. The van der Waals surface area contributed by atoms with Crippen LogP contribution in [0.1, 0.15) is 33.9 Å². The van der Waals surface area contributed by atoms with E-state index in [1.165, 1.54) is 35.0 Å². The topological polar surface area (TPSA) is 69.9 Å². The SMILES string of the molecule is Cc1cc(F)ccc1C1CN(C(=O)CN)CCN1C(=O)N(C)Cc1cc(C(F)(F)F)cc(C(F)(F)F)c1. The molecular formula is C24H25F7N4O2. The van der Waals surface area contributed by atoms with Crippen LogP contribution >= 0.6 is 0 Å². The van der Waals surface area contributed by atoms with Crippen LogP contribution in [-0.4, -0.2) is 59.9 Å². The summed E-state index contributed by atoms with van der Waals surface area (Å²) in [5, 5.41) is 0. The third kappa shape index (κ3) is 6.51. The van der Waals surface area contributed by atoms with Gasteiger partial charge in [-0.25, -0.2) is 9.18 Å². The summed E-state index contributed by atoms with van der Waals surface area (Å²) in [6.07, 6.45) is -10.0. The van der Waals surface area contributed by atoms with E-state index in [1.54, 1.807) is 6.92 Å². The van der Waals surface area contributed by atoms with E-state index in [0.29, 0.717) is 23.3 Å². The van der Waals surface area contributed by atoms with Gasteiger partial charge in [-0.2, -0.15) is 26.3 Å². The number of rotatable bonds is 4. The molecule has 0 aliphatic carbocycles. The van der Waals surface area contributed by atoms with Gasteiger partial charge in [0.1, 0.15) is 5.82 Å². The molecule has 3 amide bonds. The van der Waals surface area contributed by atoms with Gasteiger partial charge < -0.3 is 20.4 Å². The molecule has 202 valence electrons. The highest BCUT2D eigenvalue weighted by atomic mass is 19.4. The van der Waals surface area contributed by atoms with Crippen molar-refractivity contribution in [2.45, 2.75) is 31.9 Å². The lowest BCUT2D eigenvalue weighted by molar-refractivity contribution is -0.143. The number of benzene rings is 2. The van der Waals surface area contributed by atoms with E-state index in [2.05, 4.69) is 0 Å². The van der Waals surface area contributed by atoms with Crippen molar-refractivity contribution in [3.63, 3.8) is 0 Å². The summed E-state index contributed by atoms with van der Waals surface area (Å²) in [6, 6.07) is 3.65. The Bertz CT molecular complexity index is 1130. The lowest BCUT2D eigenvalue weighted by atomic mass is 9.97. The zero-order valence-corrected chi connectivity index (χ0v) is 20.0. The second kappa shape index (κ2) is 10.6. The molecule has 2 aromatic carbocycles. The van der Waals surface area contributed by atoms with Gasteiger partial charge in [0.15, 0.2) is 0 Å². The van der Waals surface area contributed by atoms with Gasteiger partial charge in [-0.15, -0.1) is 0 Å². The number of hydrogen-bond donors (Lipinski definition) is 1. The van der Waals surface area contributed by atoms with Crippen molar-refractivity contribution in [2.75, 3.05) is 33.2 Å². The molecule has 0 radical (unpaired) electrons. The maximum Gasteiger partial charge on any atom is 0.416 e. The first kappa shape index (κ1) is 28.2. The van der Waals surface area contributed by atoms with Crippen molar-refractivity contribution in [3.8, 4) is 0 Å². The number of aryl methyl sites for hydroxylation is 1. The largest absolute Gasteiger partial charge is 0.416 e. The maximum absolute atomic E-state index is 13.7. The van der Waals surface area contributed by atoms with E-state index >= 15 is 0 Å². The van der Waals surface area contributed by atoms with Crippen LogP contribution in [0.5, 0.6) is 0 Å². The van der Waals surface area contributed by atoms with E-state index < -0.39 is 47.9 Å². The zero-order chi connectivity index (χ0) is 27.7. The first-order chi connectivity index (χ1) is 17.1. The third-order valence-electron chi connectivity index (χ3n) is 6.14. The Morgan fingerprint density at radius 3 is 2.11 bits per heavy atom. The Hall–Kier alpha value is -3.35. The first-order valence-electron chi connectivity index (χ1n) is 11.2. The Labute approximate surface area is 208 Å². The van der Waals surface area contributed by atoms with Crippen LogP contribution in [0.25, 0.3) is 0 Å². The fourth-order valence-electron chi connectivity index (χ4n) is 4.32. The van der Waals surface area contributed by atoms with Crippen LogP contribution < -0.4 is 5.73 Å². The molecule has 3 rings (SSSR count). The molecule has 6 nitrogen and oxygen atoms in total. The maximum atomic E-state index is 13.7. The minimum Gasteiger partial charge on any atom is -0.337 e. The molecule has 1 fully saturated rings. The second-order valence-electron chi connectivity index (χ2n) is 8.81. The van der Waals surface area contributed by atoms with Crippen molar-refractivity contribution < 1.29 is 40.3 Å². The number of hydrogen-bond acceptors (Lipinski definition) is 3. The summed E-state index contributed by atoms with van der Waals surface area (Å²) in [4.78, 5) is 29.4. The fourth-order valence-corrected chi connectivity index (χ4v) is 4.32. The number of urea groups is 1. The van der Waals surface area contributed by atoms with Crippen molar-refractivity contribution in [1.29, 1.82) is 0 Å². The summed E-state index contributed by atoms with van der Waals surface area (Å²) >= 11 is 0. The molecule has 37 heavy (non-hydrogen) atoms. The van der Waals surface area contributed by atoms with E-state index in [4.69, 9.17) is 5.73 Å². The molecule has 0 bridgehead atoms. The summed E-state index contributed by atoms with van der Waals surface area (Å²) in [7, 11) is 1.25. The smallest absolute Gasteiger partial charge is 0.337 e. The van der Waals surface area contributed by atoms with E-state index in [1.807, 2.05) is 0 Å². The van der Waals surface area contributed by atoms with E-state index in [0.717, 1.165) is 4.90 Å². The average Bonchev–Trinajstić information content (AvgIpc) is 2.81. The van der Waals surface area contributed by atoms with Gasteiger partial charge in [-0.1, -0.05) is 6.07 Å². The van der Waals surface area contributed by atoms with Crippen molar-refractivity contribution in [2.24, 2.45) is 5.73 Å². The Kier molecular flexibility index (Phi) is 8.06. The molecule has 1 saturated heterocycles. The molecule has 1 atom stereocenters. The highest BCUT2D eigenvalue weighted by molar-refractivity contribution is 5.79. The number of piperazine rings is 1. The van der Waals surface area contributed by atoms with Gasteiger partial charge in [0.2, 0.25) is 5.91 Å². The van der Waals surface area contributed by atoms with Gasteiger partial charge in [-0.3, -0.25) is 4.79 Å². The Morgan fingerprint density at radius 1 is 1.00 bits per heavy atom. The van der Waals surface area contributed by atoms with Gasteiger partial charge in [0.25, 0.3) is 0 Å². The quantitative estimate of drug-likeness (QED) is 0.585. The molecule has 2 aromatic rings. The lowest BCUT2D eigenvalue weighted by Crippen LogP contribution is -2.55. The molecule has 0 saturated carbocycles. The van der Waals surface area contributed by atoms with Crippen molar-refractivity contribution in [3.05, 3.63) is 70.0 Å². The molecule has 1 heterocycles. The molecule has 1 unspecified atom stereocenters. The van der Waals surface area contributed by atoms with Crippen molar-refractivity contribution in [1.82, 2.24) is 14.7 Å². The number of alkyl halides is 6. The van der Waals surface area contributed by atoms with Gasteiger partial charge in [0.05, 0.1) is 23.7 Å². The first-order valence-corrected chi connectivity index (χ1v) is 11.2. The highest BCUT2D eigenvalue weighted by Gasteiger charge is 2.38. The summed E-state index contributed by atoms with van der Waals surface area (Å²) < 4.78 is 93.1. The van der Waals surface area contributed by atoms with Crippen LogP contribution in [0.3, 0.4) is 0 Å². The van der Waals surface area contributed by atoms with E-state index in [-0.39, 0.29) is 43.7 Å². The number of amides is 3. The standard InChI is InChI=1S/C24H25F7N4O2/c1-14-7-18(25)3-4-19(14)20-13-34(21(36)11-32)5-6-35(20)22(37)33(2)12-15-8-16(23(26,27)28)10-17(9-15)24(29,30)31/h3-4,7-10,20H,5-6,11-13,32H2,1-2H3. The second-order valence-corrected chi connectivity index (χ2v) is 8.81. The predicted molar refractivity (Wildman–Crippen MR) is 120 cm³/mol. The zero-order valence-electron chi connectivity index (χ0n) is 20.0. The number of nitrogens with two attached hydrogens (primary N) is 1. The molecule has 0 spiro atoms. The van der Waals surface area contributed by atoms with Gasteiger partial charge >= 0.3 is 18.4 Å². The fraction of sp³-hybridized carbons (Fsp3) is 0.417. The summed E-state index contributed by atoms with van der Waals surface area (Å²) in [5.74, 6) is -0.874. The number of carbonyl (C=O) groups excluding carboxylic acids is 2. The minimum absolute atomic E-state index is 0.0202. The van der Waals surface area contributed by atoms with Gasteiger partial charge in [-0.05, 0) is 53.9 Å². The molecule has 1 aliphatic rings. The van der Waals surface area contributed by atoms with Crippen LogP contribution in [0, 0.1) is 12.7 Å². The summed E-state index contributed by atoms with van der Waals surface area (Å²) in [5.41, 5.74) is 3.18. The molecule has 1 aliphatic heterocycles. The third-order valence-corrected chi connectivity index (χ3v) is 6.14. The van der Waals surface area contributed by atoms with Crippen molar-refractivity contribution >= 4 is 11.9 Å². The van der Waals surface area contributed by atoms with E-state index in [9.17, 15) is 40.3 Å². The predicted octanol–water partition coefficient (Wildman–Crippen LogP) is 4.57. The molecule has 13 heteroatoms. The molecule has 2 N–H and O–H groups in total. The van der Waals surface area contributed by atoms with Crippen LogP contribution in [-0.2, 0) is 23.7 Å². The Morgan fingerprint density at radius 2 is 1.59 bits per heavy atom. The summed E-state index contributed by atoms with van der Waals surface area (Å²) in [6.45, 7) is 0.990. The number of carbonyl (C=O) groups is 2. The van der Waals surface area contributed by atoms with Crippen LogP contribution in [0.2, 0.25) is 0 Å².